The summed E-state index contributed by atoms with van der Waals surface area (Å²) in [5.41, 5.74) is 1.09. The molecule has 0 aliphatic heterocycles. The third kappa shape index (κ3) is 2.70. The van der Waals surface area contributed by atoms with E-state index in [1.165, 1.54) is 10.8 Å². The Labute approximate surface area is 121 Å². The van der Waals surface area contributed by atoms with Gasteiger partial charge in [0.1, 0.15) is 0 Å². The highest BCUT2D eigenvalue weighted by molar-refractivity contribution is 7.88. The maximum atomic E-state index is 12.2. The topological polar surface area (TPSA) is 17.1 Å². The average Bonchev–Trinajstić information content (AvgIpc) is 2.53. The van der Waals surface area contributed by atoms with E-state index in [0.29, 0.717) is 0 Å². The molecule has 0 bridgehead atoms. The molecule has 0 saturated carbocycles. The molecule has 0 radical (unpaired) electrons. The van der Waals surface area contributed by atoms with Crippen molar-refractivity contribution in [2.45, 2.75) is 4.90 Å². The molecule has 1 atom stereocenters. The zero-order valence-electron chi connectivity index (χ0n) is 10.9. The van der Waals surface area contributed by atoms with E-state index >= 15 is 0 Å². The molecule has 0 fully saturated rings. The summed E-state index contributed by atoms with van der Waals surface area (Å²) in [6.45, 7) is 0. The van der Waals surface area contributed by atoms with E-state index in [1.54, 1.807) is 5.41 Å². The first-order chi connectivity index (χ1) is 9.84. The predicted octanol–water partition coefficient (Wildman–Crippen LogP) is 4.62. The normalized spacial score (nSPS) is 12.8. The van der Waals surface area contributed by atoms with Gasteiger partial charge in [-0.2, -0.15) is 0 Å². The van der Waals surface area contributed by atoms with Gasteiger partial charge in [0, 0.05) is 10.3 Å². The van der Waals surface area contributed by atoms with Crippen molar-refractivity contribution < 1.29 is 4.21 Å². The fourth-order valence-electron chi connectivity index (χ4n) is 2.16. The summed E-state index contributed by atoms with van der Waals surface area (Å²) in [6, 6.07) is 23.8. The second kappa shape index (κ2) is 5.85. The molecule has 0 heterocycles. The van der Waals surface area contributed by atoms with Gasteiger partial charge in [0.2, 0.25) is 0 Å². The third-order valence-electron chi connectivity index (χ3n) is 3.17. The van der Waals surface area contributed by atoms with Crippen LogP contribution in [0.5, 0.6) is 0 Å². The Morgan fingerprint density at radius 2 is 1.45 bits per heavy atom. The van der Waals surface area contributed by atoms with Gasteiger partial charge in [0.15, 0.2) is 0 Å². The lowest BCUT2D eigenvalue weighted by Gasteiger charge is -2.01. The molecule has 1 unspecified atom stereocenters. The second-order valence-corrected chi connectivity index (χ2v) is 5.82. The molecular weight excluding hydrogens is 264 g/mol. The van der Waals surface area contributed by atoms with Crippen molar-refractivity contribution in [2.75, 3.05) is 0 Å². The standard InChI is InChI=1S/C18H14OS/c19-20(17-10-2-1-3-11-17)14-13-16-9-6-8-15-7-4-5-12-18(15)16/h1-14H/b14-13+. The lowest BCUT2D eigenvalue weighted by atomic mass is 10.1. The van der Waals surface area contributed by atoms with Crippen LogP contribution < -0.4 is 0 Å². The predicted molar refractivity (Wildman–Crippen MR) is 85.8 cm³/mol. The Bertz CT molecular complexity index is 770. The van der Waals surface area contributed by atoms with Gasteiger partial charge in [-0.05, 0) is 34.5 Å². The van der Waals surface area contributed by atoms with Crippen molar-refractivity contribution in [3.63, 3.8) is 0 Å². The van der Waals surface area contributed by atoms with Crippen LogP contribution in [0, 0.1) is 0 Å². The van der Waals surface area contributed by atoms with E-state index in [4.69, 9.17) is 0 Å². The minimum absolute atomic E-state index is 0.823. The zero-order chi connectivity index (χ0) is 13.8. The SMILES string of the molecule is O=S(/C=C/c1cccc2ccccc12)c1ccccc1. The van der Waals surface area contributed by atoms with E-state index < -0.39 is 10.8 Å². The van der Waals surface area contributed by atoms with Gasteiger partial charge in [0.05, 0.1) is 10.8 Å². The third-order valence-corrected chi connectivity index (χ3v) is 4.29. The Morgan fingerprint density at radius 3 is 2.30 bits per heavy atom. The van der Waals surface area contributed by atoms with Gasteiger partial charge >= 0.3 is 0 Å². The molecule has 1 nitrogen and oxygen atoms in total. The molecule has 0 amide bonds. The number of benzene rings is 3. The molecule has 98 valence electrons. The summed E-state index contributed by atoms with van der Waals surface area (Å²) in [4.78, 5) is 0.823. The van der Waals surface area contributed by atoms with Crippen LogP contribution in [0.1, 0.15) is 5.56 Å². The molecule has 0 aliphatic carbocycles. The minimum Gasteiger partial charge on any atom is -0.250 e. The van der Waals surface area contributed by atoms with Crippen LogP contribution >= 0.6 is 0 Å². The van der Waals surface area contributed by atoms with Crippen LogP contribution in [0.2, 0.25) is 0 Å². The van der Waals surface area contributed by atoms with Gasteiger partial charge in [-0.1, -0.05) is 60.7 Å². The monoisotopic (exact) mass is 278 g/mol. The van der Waals surface area contributed by atoms with Crippen molar-refractivity contribution in [3.05, 3.63) is 83.8 Å². The van der Waals surface area contributed by atoms with Crippen LogP contribution in [0.25, 0.3) is 16.8 Å². The van der Waals surface area contributed by atoms with Gasteiger partial charge < -0.3 is 0 Å². The van der Waals surface area contributed by atoms with Crippen molar-refractivity contribution >= 4 is 27.6 Å². The highest BCUT2D eigenvalue weighted by Crippen LogP contribution is 2.20. The number of hydrogen-bond donors (Lipinski definition) is 0. The lowest BCUT2D eigenvalue weighted by Crippen LogP contribution is -1.85. The van der Waals surface area contributed by atoms with E-state index in [2.05, 4.69) is 18.2 Å². The van der Waals surface area contributed by atoms with Crippen molar-refractivity contribution in [1.29, 1.82) is 0 Å². The molecule has 0 saturated heterocycles. The molecule has 0 aromatic heterocycles. The van der Waals surface area contributed by atoms with Crippen molar-refractivity contribution in [3.8, 4) is 0 Å². The Kier molecular flexibility index (Phi) is 3.75. The van der Waals surface area contributed by atoms with Crippen LogP contribution in [0.3, 0.4) is 0 Å². The first-order valence-corrected chi connectivity index (χ1v) is 7.67. The summed E-state index contributed by atoms with van der Waals surface area (Å²) in [7, 11) is -1.11. The Hall–Kier alpha value is -2.19. The molecule has 0 aliphatic rings. The molecule has 0 N–H and O–H groups in total. The van der Waals surface area contributed by atoms with Gasteiger partial charge in [-0.25, -0.2) is 4.21 Å². The molecule has 2 heteroatoms. The quantitative estimate of drug-likeness (QED) is 0.683. The van der Waals surface area contributed by atoms with Crippen LogP contribution in [-0.2, 0) is 10.8 Å². The Balaban J connectivity index is 1.94. The summed E-state index contributed by atoms with van der Waals surface area (Å²) in [5, 5.41) is 4.12. The number of rotatable bonds is 3. The maximum Gasteiger partial charge on any atom is 0.0776 e. The van der Waals surface area contributed by atoms with E-state index in [9.17, 15) is 4.21 Å². The van der Waals surface area contributed by atoms with Crippen molar-refractivity contribution in [2.24, 2.45) is 0 Å². The number of fused-ring (bicyclic) bond motifs is 1. The molecular formula is C18H14OS. The minimum atomic E-state index is -1.11. The molecule has 3 aromatic carbocycles. The van der Waals surface area contributed by atoms with Crippen LogP contribution in [0.15, 0.2) is 83.1 Å². The second-order valence-electron chi connectivity index (χ2n) is 4.48. The molecule has 0 spiro atoms. The van der Waals surface area contributed by atoms with Crippen molar-refractivity contribution in [1.82, 2.24) is 0 Å². The van der Waals surface area contributed by atoms with Crippen LogP contribution in [0.4, 0.5) is 0 Å². The molecule has 20 heavy (non-hydrogen) atoms. The average molecular weight is 278 g/mol. The zero-order valence-corrected chi connectivity index (χ0v) is 11.7. The van der Waals surface area contributed by atoms with Gasteiger partial charge in [-0.3, -0.25) is 0 Å². The first-order valence-electron chi connectivity index (χ1n) is 6.46. The largest absolute Gasteiger partial charge is 0.250 e. The molecule has 3 rings (SSSR count). The highest BCUT2D eigenvalue weighted by atomic mass is 32.2. The maximum absolute atomic E-state index is 12.2. The summed E-state index contributed by atoms with van der Waals surface area (Å²) in [6.07, 6.45) is 1.94. The number of hydrogen-bond acceptors (Lipinski definition) is 1. The lowest BCUT2D eigenvalue weighted by molar-refractivity contribution is 0.688. The smallest absolute Gasteiger partial charge is 0.0776 e. The van der Waals surface area contributed by atoms with Gasteiger partial charge in [-0.15, -0.1) is 0 Å². The Morgan fingerprint density at radius 1 is 0.750 bits per heavy atom. The van der Waals surface area contributed by atoms with E-state index in [0.717, 1.165) is 10.5 Å². The fourth-order valence-corrected chi connectivity index (χ4v) is 3.02. The highest BCUT2D eigenvalue weighted by Gasteiger charge is 1.99. The van der Waals surface area contributed by atoms with E-state index in [1.807, 2.05) is 60.7 Å². The van der Waals surface area contributed by atoms with E-state index in [-0.39, 0.29) is 0 Å². The van der Waals surface area contributed by atoms with Gasteiger partial charge in [0.25, 0.3) is 0 Å². The molecule has 3 aromatic rings. The fraction of sp³-hybridized carbons (Fsp3) is 0. The summed E-state index contributed by atoms with van der Waals surface area (Å²) in [5.74, 6) is 0. The first kappa shape index (κ1) is 12.8. The van der Waals surface area contributed by atoms with Crippen LogP contribution in [-0.4, -0.2) is 4.21 Å². The summed E-state index contributed by atoms with van der Waals surface area (Å²) >= 11 is 0. The summed E-state index contributed by atoms with van der Waals surface area (Å²) < 4.78 is 12.2.